The Morgan fingerprint density at radius 1 is 1.22 bits per heavy atom. The Balaban J connectivity index is 2.04. The van der Waals surface area contributed by atoms with Crippen LogP contribution in [-0.2, 0) is 14.8 Å². The third kappa shape index (κ3) is 6.27. The molecule has 0 saturated heterocycles. The molecule has 1 aliphatic rings. The molecule has 1 atom stereocenters. The second-order valence-corrected chi connectivity index (χ2v) is 7.88. The number of hydrogen-bond acceptors (Lipinski definition) is 3. The maximum Gasteiger partial charge on any atom is 0.222 e. The molecule has 23 heavy (non-hydrogen) atoms. The Hall–Kier alpha value is -1.47. The van der Waals surface area contributed by atoms with E-state index in [1.807, 2.05) is 0 Å². The van der Waals surface area contributed by atoms with Crippen molar-refractivity contribution in [1.29, 1.82) is 0 Å². The first-order chi connectivity index (χ1) is 10.8. The Kier molecular flexibility index (Phi) is 6.12. The molecule has 0 aromatic heterocycles. The fourth-order valence-electron chi connectivity index (χ4n) is 2.90. The molecule has 0 aliphatic heterocycles. The lowest BCUT2D eigenvalue weighted by molar-refractivity contribution is -0.122. The van der Waals surface area contributed by atoms with Gasteiger partial charge in [-0.05, 0) is 30.5 Å². The van der Waals surface area contributed by atoms with Crippen LogP contribution >= 0.6 is 0 Å². The van der Waals surface area contributed by atoms with Crippen LogP contribution in [0.5, 0.6) is 0 Å². The van der Waals surface area contributed by atoms with Crippen LogP contribution in [0.25, 0.3) is 0 Å². The zero-order valence-corrected chi connectivity index (χ0v) is 14.0. The minimum Gasteiger partial charge on any atom is -0.353 e. The Bertz CT molecular complexity index is 625. The first-order valence-corrected chi connectivity index (χ1v) is 9.75. The van der Waals surface area contributed by atoms with Gasteiger partial charge in [0.1, 0.15) is 5.82 Å². The SMILES string of the molecule is CS(=O)(=O)N[C@H](CC(=O)NC1CCCCC1)c1ccc(F)cc1. The lowest BCUT2D eigenvalue weighted by Gasteiger charge is -2.24. The van der Waals surface area contributed by atoms with Gasteiger partial charge >= 0.3 is 0 Å². The summed E-state index contributed by atoms with van der Waals surface area (Å²) in [7, 11) is -3.48. The van der Waals surface area contributed by atoms with Crippen LogP contribution in [0.3, 0.4) is 0 Å². The van der Waals surface area contributed by atoms with Crippen molar-refractivity contribution in [2.24, 2.45) is 0 Å². The molecule has 2 rings (SSSR count). The van der Waals surface area contributed by atoms with E-state index >= 15 is 0 Å². The highest BCUT2D eigenvalue weighted by atomic mass is 32.2. The lowest BCUT2D eigenvalue weighted by Crippen LogP contribution is -2.39. The molecule has 0 radical (unpaired) electrons. The van der Waals surface area contributed by atoms with Gasteiger partial charge in [-0.25, -0.2) is 17.5 Å². The first-order valence-electron chi connectivity index (χ1n) is 7.85. The maximum atomic E-state index is 13.0. The predicted octanol–water partition coefficient (Wildman–Crippen LogP) is 2.25. The van der Waals surface area contributed by atoms with E-state index in [9.17, 15) is 17.6 Å². The highest BCUT2D eigenvalue weighted by Crippen LogP contribution is 2.20. The van der Waals surface area contributed by atoms with Gasteiger partial charge in [-0.2, -0.15) is 0 Å². The summed E-state index contributed by atoms with van der Waals surface area (Å²) in [4.78, 5) is 12.2. The van der Waals surface area contributed by atoms with Gasteiger partial charge < -0.3 is 5.32 Å². The monoisotopic (exact) mass is 342 g/mol. The largest absolute Gasteiger partial charge is 0.353 e. The quantitative estimate of drug-likeness (QED) is 0.833. The predicted molar refractivity (Wildman–Crippen MR) is 86.8 cm³/mol. The Labute approximate surface area is 136 Å². The summed E-state index contributed by atoms with van der Waals surface area (Å²) in [6.07, 6.45) is 6.37. The summed E-state index contributed by atoms with van der Waals surface area (Å²) >= 11 is 0. The standard InChI is InChI=1S/C16H23FN2O3S/c1-23(21,22)19-15(12-7-9-13(17)10-8-12)11-16(20)18-14-5-3-2-4-6-14/h7-10,14-15,19H,2-6,11H2,1H3,(H,18,20)/t15-/m1/s1. The van der Waals surface area contributed by atoms with Crippen molar-refractivity contribution in [2.45, 2.75) is 50.6 Å². The average molecular weight is 342 g/mol. The first kappa shape index (κ1) is 17.9. The van der Waals surface area contributed by atoms with Crippen molar-refractivity contribution in [3.05, 3.63) is 35.6 Å². The molecule has 7 heteroatoms. The molecule has 1 fully saturated rings. The number of sulfonamides is 1. The number of halogens is 1. The summed E-state index contributed by atoms with van der Waals surface area (Å²) in [5, 5.41) is 2.97. The normalized spacial score (nSPS) is 17.7. The molecule has 1 aliphatic carbocycles. The van der Waals surface area contributed by atoms with E-state index in [2.05, 4.69) is 10.0 Å². The van der Waals surface area contributed by atoms with Crippen molar-refractivity contribution in [3.63, 3.8) is 0 Å². The number of hydrogen-bond donors (Lipinski definition) is 2. The van der Waals surface area contributed by atoms with Gasteiger partial charge in [-0.1, -0.05) is 31.4 Å². The maximum absolute atomic E-state index is 13.0. The molecule has 0 bridgehead atoms. The number of nitrogens with one attached hydrogen (secondary N) is 2. The molecule has 0 unspecified atom stereocenters. The molecular weight excluding hydrogens is 319 g/mol. The molecule has 1 saturated carbocycles. The van der Waals surface area contributed by atoms with Crippen molar-refractivity contribution < 1.29 is 17.6 Å². The molecule has 0 heterocycles. The summed E-state index contributed by atoms with van der Waals surface area (Å²) in [5.74, 6) is -0.596. The average Bonchev–Trinajstić information content (AvgIpc) is 2.47. The van der Waals surface area contributed by atoms with Crippen LogP contribution < -0.4 is 10.0 Å². The summed E-state index contributed by atoms with van der Waals surface area (Å²) in [6.45, 7) is 0. The van der Waals surface area contributed by atoms with Gasteiger partial charge in [-0.3, -0.25) is 4.79 Å². The van der Waals surface area contributed by atoms with Gasteiger partial charge in [0.25, 0.3) is 0 Å². The fraction of sp³-hybridized carbons (Fsp3) is 0.562. The number of benzene rings is 1. The number of carbonyl (C=O) groups excluding carboxylic acids is 1. The topological polar surface area (TPSA) is 75.3 Å². The molecule has 0 spiro atoms. The zero-order valence-electron chi connectivity index (χ0n) is 13.2. The van der Waals surface area contributed by atoms with Gasteiger partial charge in [0, 0.05) is 12.5 Å². The molecule has 1 amide bonds. The number of rotatable bonds is 6. The number of amides is 1. The molecule has 5 nitrogen and oxygen atoms in total. The van der Waals surface area contributed by atoms with E-state index in [1.54, 1.807) is 0 Å². The van der Waals surface area contributed by atoms with E-state index in [1.165, 1.54) is 30.7 Å². The van der Waals surface area contributed by atoms with Crippen molar-refractivity contribution in [3.8, 4) is 0 Å². The summed E-state index contributed by atoms with van der Waals surface area (Å²) in [5.41, 5.74) is 0.565. The van der Waals surface area contributed by atoms with E-state index in [-0.39, 0.29) is 18.4 Å². The van der Waals surface area contributed by atoms with Gasteiger partial charge in [0.15, 0.2) is 0 Å². The highest BCUT2D eigenvalue weighted by molar-refractivity contribution is 7.88. The molecule has 1 aromatic carbocycles. The van der Waals surface area contributed by atoms with Crippen LogP contribution in [0.15, 0.2) is 24.3 Å². The van der Waals surface area contributed by atoms with Crippen molar-refractivity contribution in [1.82, 2.24) is 10.0 Å². The van der Waals surface area contributed by atoms with E-state index in [4.69, 9.17) is 0 Å². The van der Waals surface area contributed by atoms with E-state index in [0.717, 1.165) is 31.9 Å². The smallest absolute Gasteiger partial charge is 0.222 e. The van der Waals surface area contributed by atoms with Gasteiger partial charge in [0.2, 0.25) is 15.9 Å². The van der Waals surface area contributed by atoms with E-state index in [0.29, 0.717) is 5.56 Å². The minimum atomic E-state index is -3.48. The minimum absolute atomic E-state index is 0.00476. The summed E-state index contributed by atoms with van der Waals surface area (Å²) < 4.78 is 38.6. The lowest BCUT2D eigenvalue weighted by atomic mass is 9.95. The Morgan fingerprint density at radius 2 is 1.83 bits per heavy atom. The third-order valence-corrected chi connectivity index (χ3v) is 4.70. The van der Waals surface area contributed by atoms with Gasteiger partial charge in [-0.15, -0.1) is 0 Å². The van der Waals surface area contributed by atoms with E-state index < -0.39 is 21.9 Å². The molecule has 1 aromatic rings. The van der Waals surface area contributed by atoms with Crippen LogP contribution in [0.1, 0.15) is 50.1 Å². The zero-order chi connectivity index (χ0) is 16.9. The highest BCUT2D eigenvalue weighted by Gasteiger charge is 2.22. The van der Waals surface area contributed by atoms with Crippen LogP contribution in [0.4, 0.5) is 4.39 Å². The second kappa shape index (κ2) is 7.88. The van der Waals surface area contributed by atoms with Crippen LogP contribution in [0.2, 0.25) is 0 Å². The van der Waals surface area contributed by atoms with Crippen LogP contribution in [-0.4, -0.2) is 26.6 Å². The van der Waals surface area contributed by atoms with Crippen LogP contribution in [0, 0.1) is 5.82 Å². The summed E-state index contributed by atoms with van der Waals surface area (Å²) in [6, 6.07) is 4.96. The number of carbonyl (C=O) groups is 1. The fourth-order valence-corrected chi connectivity index (χ4v) is 3.64. The molecule has 2 N–H and O–H groups in total. The van der Waals surface area contributed by atoms with Gasteiger partial charge in [0.05, 0.1) is 12.3 Å². The van der Waals surface area contributed by atoms with Crippen molar-refractivity contribution in [2.75, 3.05) is 6.26 Å². The second-order valence-electron chi connectivity index (χ2n) is 6.10. The Morgan fingerprint density at radius 3 is 2.39 bits per heavy atom. The molecule has 128 valence electrons. The van der Waals surface area contributed by atoms with Crippen molar-refractivity contribution >= 4 is 15.9 Å². The molecular formula is C16H23FN2O3S. The third-order valence-electron chi connectivity index (χ3n) is 3.99.